The molecule has 1 amide bonds. The van der Waals surface area contributed by atoms with Crippen LogP contribution in [0.25, 0.3) is 5.52 Å². The van der Waals surface area contributed by atoms with E-state index in [9.17, 15) is 15.2 Å². The first kappa shape index (κ1) is 25.0. The van der Waals surface area contributed by atoms with E-state index in [1.165, 1.54) is 30.0 Å². The van der Waals surface area contributed by atoms with Gasteiger partial charge in [0.05, 0.1) is 46.6 Å². The average molecular weight is 516 g/mol. The Balaban J connectivity index is 1.39. The van der Waals surface area contributed by atoms with E-state index in [4.69, 9.17) is 0 Å². The van der Waals surface area contributed by atoms with E-state index in [1.54, 1.807) is 42.7 Å². The van der Waals surface area contributed by atoms with E-state index < -0.39 is 23.7 Å². The summed E-state index contributed by atoms with van der Waals surface area (Å²) in [4.78, 5) is 27.6. The van der Waals surface area contributed by atoms with Crippen LogP contribution in [0.5, 0.6) is 0 Å². The van der Waals surface area contributed by atoms with Gasteiger partial charge in [-0.05, 0) is 43.7 Å². The van der Waals surface area contributed by atoms with Crippen LogP contribution in [0, 0.1) is 11.3 Å². The monoisotopic (exact) mass is 515 g/mol. The van der Waals surface area contributed by atoms with Gasteiger partial charge >= 0.3 is 0 Å². The minimum Gasteiger partial charge on any atom is -0.385 e. The van der Waals surface area contributed by atoms with Crippen molar-refractivity contribution in [3.05, 3.63) is 78.1 Å². The molecule has 1 fully saturated rings. The molecule has 0 aromatic carbocycles. The number of nitriles is 1. The lowest BCUT2D eigenvalue weighted by molar-refractivity contribution is -0.0253. The predicted molar refractivity (Wildman–Crippen MR) is 137 cm³/mol. The van der Waals surface area contributed by atoms with Crippen molar-refractivity contribution >= 4 is 23.1 Å². The van der Waals surface area contributed by atoms with E-state index in [0.29, 0.717) is 28.4 Å². The Morgan fingerprint density at radius 3 is 2.68 bits per heavy atom. The summed E-state index contributed by atoms with van der Waals surface area (Å²) >= 11 is 0. The average Bonchev–Trinajstić information content (AvgIpc) is 3.33. The van der Waals surface area contributed by atoms with Gasteiger partial charge in [-0.2, -0.15) is 10.4 Å². The van der Waals surface area contributed by atoms with E-state index in [2.05, 4.69) is 30.7 Å². The SMILES string of the molecule is C[C@@](O)(CNc1cnc(N2CCC2)nc1)[C@H](F)[C@H](NC(=O)c1cccnc1)c1ccc2cc(C#N)cnn12. The summed E-state index contributed by atoms with van der Waals surface area (Å²) in [5.41, 5.74) is 0.0213. The van der Waals surface area contributed by atoms with Gasteiger partial charge in [-0.25, -0.2) is 18.9 Å². The molecule has 194 valence electrons. The Kier molecular flexibility index (Phi) is 6.85. The molecule has 1 saturated heterocycles. The second-order valence-corrected chi connectivity index (χ2v) is 9.37. The van der Waals surface area contributed by atoms with Crippen molar-refractivity contribution in [2.45, 2.75) is 31.2 Å². The number of rotatable bonds is 9. The molecule has 4 aromatic heterocycles. The molecule has 0 aliphatic carbocycles. The van der Waals surface area contributed by atoms with E-state index in [-0.39, 0.29) is 12.1 Å². The first-order valence-corrected chi connectivity index (χ1v) is 12.1. The lowest BCUT2D eigenvalue weighted by Crippen LogP contribution is -2.50. The van der Waals surface area contributed by atoms with Crippen LogP contribution in [0.4, 0.5) is 16.0 Å². The van der Waals surface area contributed by atoms with Crippen LogP contribution in [0.15, 0.2) is 61.3 Å². The van der Waals surface area contributed by atoms with Gasteiger partial charge in [0.2, 0.25) is 5.95 Å². The molecule has 0 radical (unpaired) electrons. The van der Waals surface area contributed by atoms with Gasteiger partial charge in [-0.3, -0.25) is 9.78 Å². The van der Waals surface area contributed by atoms with Crippen molar-refractivity contribution in [3.8, 4) is 6.07 Å². The lowest BCUT2D eigenvalue weighted by atomic mass is 9.92. The second-order valence-electron chi connectivity index (χ2n) is 9.37. The summed E-state index contributed by atoms with van der Waals surface area (Å²) in [5, 5.41) is 30.3. The Hall–Kier alpha value is -4.63. The van der Waals surface area contributed by atoms with Gasteiger partial charge in [-0.1, -0.05) is 0 Å². The summed E-state index contributed by atoms with van der Waals surface area (Å²) < 4.78 is 17.7. The van der Waals surface area contributed by atoms with Crippen LogP contribution < -0.4 is 15.5 Å². The molecule has 3 N–H and O–H groups in total. The molecule has 0 spiro atoms. The Morgan fingerprint density at radius 2 is 2.03 bits per heavy atom. The van der Waals surface area contributed by atoms with Crippen molar-refractivity contribution in [2.24, 2.45) is 0 Å². The maximum Gasteiger partial charge on any atom is 0.253 e. The fourth-order valence-corrected chi connectivity index (χ4v) is 4.16. The number of nitrogens with zero attached hydrogens (tertiary/aromatic N) is 7. The zero-order valence-corrected chi connectivity index (χ0v) is 20.6. The molecule has 5 heterocycles. The normalized spacial score (nSPS) is 16.1. The smallest absolute Gasteiger partial charge is 0.253 e. The standard InChI is InChI=1S/C26H26FN9O2/c1-26(38,16-32-19-14-30-25(31-15-19)35-8-3-9-35)23(27)22(34-24(37)18-4-2-7-29-13-18)21-6-5-20-10-17(11-28)12-33-36(20)21/h2,4-7,10,12-15,22-23,32,38H,3,8-9,16H2,1H3,(H,34,37)/t22-,23-,26-/m1/s1. The van der Waals surface area contributed by atoms with E-state index >= 15 is 4.39 Å². The second kappa shape index (κ2) is 10.4. The van der Waals surface area contributed by atoms with Crippen molar-refractivity contribution in [1.29, 1.82) is 5.26 Å². The van der Waals surface area contributed by atoms with Crippen LogP contribution in [0.3, 0.4) is 0 Å². The molecule has 11 nitrogen and oxygen atoms in total. The highest BCUT2D eigenvalue weighted by Gasteiger charge is 2.41. The topological polar surface area (TPSA) is 144 Å². The van der Waals surface area contributed by atoms with E-state index in [1.807, 2.05) is 11.0 Å². The van der Waals surface area contributed by atoms with Gasteiger partial charge in [-0.15, -0.1) is 0 Å². The highest BCUT2D eigenvalue weighted by molar-refractivity contribution is 5.94. The molecule has 1 aliphatic heterocycles. The third-order valence-electron chi connectivity index (χ3n) is 6.50. The number of aliphatic hydroxyl groups is 1. The molecule has 0 saturated carbocycles. The summed E-state index contributed by atoms with van der Waals surface area (Å²) in [6.07, 6.45) is 6.57. The molecule has 0 unspecified atom stereocenters. The number of alkyl halides is 1. The number of halogens is 1. The van der Waals surface area contributed by atoms with Crippen LogP contribution in [0.1, 0.15) is 41.0 Å². The largest absolute Gasteiger partial charge is 0.385 e. The van der Waals surface area contributed by atoms with Crippen molar-refractivity contribution in [2.75, 3.05) is 29.9 Å². The molecule has 5 rings (SSSR count). The molecule has 38 heavy (non-hydrogen) atoms. The number of amides is 1. The van der Waals surface area contributed by atoms with Crippen LogP contribution in [-0.2, 0) is 0 Å². The number of hydrogen-bond acceptors (Lipinski definition) is 9. The number of carbonyl (C=O) groups excluding carboxylic acids is 1. The van der Waals surface area contributed by atoms with Gasteiger partial charge in [0.15, 0.2) is 6.17 Å². The Labute approximate surface area is 218 Å². The summed E-state index contributed by atoms with van der Waals surface area (Å²) in [7, 11) is 0. The number of fused-ring (bicyclic) bond motifs is 1. The van der Waals surface area contributed by atoms with Crippen LogP contribution in [0.2, 0.25) is 0 Å². The van der Waals surface area contributed by atoms with E-state index in [0.717, 1.165) is 19.5 Å². The number of pyridine rings is 1. The predicted octanol–water partition coefficient (Wildman–Crippen LogP) is 2.27. The molecule has 0 bridgehead atoms. The Morgan fingerprint density at radius 1 is 1.24 bits per heavy atom. The number of anilines is 2. The quantitative estimate of drug-likeness (QED) is 0.306. The Bertz CT molecular complexity index is 1460. The van der Waals surface area contributed by atoms with Crippen molar-refractivity contribution in [3.63, 3.8) is 0 Å². The first-order chi connectivity index (χ1) is 18.4. The summed E-state index contributed by atoms with van der Waals surface area (Å²) in [6.45, 7) is 2.99. The molecule has 3 atom stereocenters. The number of hydrogen-bond donors (Lipinski definition) is 3. The lowest BCUT2D eigenvalue weighted by Gasteiger charge is -2.33. The maximum atomic E-state index is 16.2. The van der Waals surface area contributed by atoms with Crippen molar-refractivity contribution in [1.82, 2.24) is 29.9 Å². The molecule has 12 heteroatoms. The third-order valence-corrected chi connectivity index (χ3v) is 6.50. The molecule has 1 aliphatic rings. The highest BCUT2D eigenvalue weighted by Crippen LogP contribution is 2.30. The summed E-state index contributed by atoms with van der Waals surface area (Å²) in [5.74, 6) is 0.0651. The minimum atomic E-state index is -1.97. The molecular weight excluding hydrogens is 489 g/mol. The van der Waals surface area contributed by atoms with Crippen LogP contribution in [-0.4, -0.2) is 67.0 Å². The fourth-order valence-electron chi connectivity index (χ4n) is 4.16. The molecular formula is C26H26FN9O2. The zero-order valence-electron chi connectivity index (χ0n) is 20.6. The van der Waals surface area contributed by atoms with Gasteiger partial charge in [0.25, 0.3) is 5.91 Å². The van der Waals surface area contributed by atoms with Gasteiger partial charge < -0.3 is 20.6 Å². The summed E-state index contributed by atoms with van der Waals surface area (Å²) in [6, 6.07) is 8.78. The van der Waals surface area contributed by atoms with Gasteiger partial charge in [0, 0.05) is 32.0 Å². The fraction of sp³-hybridized carbons (Fsp3) is 0.308. The number of aromatic nitrogens is 5. The molecule has 4 aromatic rings. The van der Waals surface area contributed by atoms with Crippen molar-refractivity contribution < 1.29 is 14.3 Å². The highest BCUT2D eigenvalue weighted by atomic mass is 19.1. The van der Waals surface area contributed by atoms with Gasteiger partial charge in [0.1, 0.15) is 17.7 Å². The minimum absolute atomic E-state index is 0.185. The third kappa shape index (κ3) is 5.09. The first-order valence-electron chi connectivity index (χ1n) is 12.1. The maximum absolute atomic E-state index is 16.2. The number of nitrogens with one attached hydrogen (secondary N) is 2. The zero-order chi connectivity index (χ0) is 26.7. The number of carbonyl (C=O) groups is 1. The van der Waals surface area contributed by atoms with Crippen LogP contribution >= 0.6 is 0 Å².